The maximum absolute atomic E-state index is 10.7. The molecule has 1 aromatic carbocycles. The van der Waals surface area contributed by atoms with Crippen molar-refractivity contribution in [2.75, 3.05) is 0 Å². The molecule has 1 aliphatic carbocycles. The van der Waals surface area contributed by atoms with Crippen LogP contribution in [0, 0.1) is 0 Å². The fourth-order valence-corrected chi connectivity index (χ4v) is 4.69. The van der Waals surface area contributed by atoms with E-state index in [0.717, 1.165) is 29.7 Å². The van der Waals surface area contributed by atoms with Crippen LogP contribution in [0.15, 0.2) is 76.6 Å². The molecule has 3 N–H and O–H groups in total. The summed E-state index contributed by atoms with van der Waals surface area (Å²) in [5.74, 6) is 0.750. The Balaban J connectivity index is 1.47. The molecule has 2 aliphatic rings. The molecule has 0 saturated carbocycles. The van der Waals surface area contributed by atoms with Crippen LogP contribution in [0.2, 0.25) is 10.0 Å². The van der Waals surface area contributed by atoms with Crippen molar-refractivity contribution in [3.8, 4) is 16.2 Å². The number of thiophene rings is 1. The van der Waals surface area contributed by atoms with Gasteiger partial charge in [-0.1, -0.05) is 35.3 Å². The molecule has 0 saturated heterocycles. The second kappa shape index (κ2) is 10.4. The van der Waals surface area contributed by atoms with Crippen molar-refractivity contribution in [2.45, 2.75) is 19.8 Å². The van der Waals surface area contributed by atoms with Crippen molar-refractivity contribution in [3.05, 3.63) is 87.2 Å². The molecule has 1 aliphatic heterocycles. The lowest BCUT2D eigenvalue weighted by Gasteiger charge is -2.20. The number of allylic oxidation sites excluding steroid dienone is 3. The largest absolute Gasteiger partial charge is 0.506 e. The van der Waals surface area contributed by atoms with Crippen LogP contribution in [0.4, 0.5) is 0 Å². The fourth-order valence-electron chi connectivity index (χ4n) is 3.24. The third-order valence-corrected chi connectivity index (χ3v) is 6.83. The monoisotopic (exact) mass is 519 g/mol. The van der Waals surface area contributed by atoms with E-state index in [1.54, 1.807) is 25.3 Å². The summed E-state index contributed by atoms with van der Waals surface area (Å²) in [6, 6.07) is 5.23. The van der Waals surface area contributed by atoms with E-state index in [2.05, 4.69) is 21.9 Å². The predicted octanol–water partition coefficient (Wildman–Crippen LogP) is 6.58. The molecule has 0 unspecified atom stereocenters. The van der Waals surface area contributed by atoms with Crippen molar-refractivity contribution >= 4 is 57.6 Å². The van der Waals surface area contributed by atoms with Crippen LogP contribution in [0.1, 0.15) is 25.3 Å². The van der Waals surface area contributed by atoms with E-state index in [-0.39, 0.29) is 5.75 Å². The van der Waals surface area contributed by atoms with E-state index in [1.807, 2.05) is 17.5 Å². The summed E-state index contributed by atoms with van der Waals surface area (Å²) in [5.41, 5.74) is 6.53. The van der Waals surface area contributed by atoms with Crippen molar-refractivity contribution in [2.24, 2.45) is 5.10 Å². The van der Waals surface area contributed by atoms with E-state index in [9.17, 15) is 5.11 Å². The quantitative estimate of drug-likeness (QED) is 0.235. The molecule has 4 rings (SSSR count). The Labute approximate surface area is 210 Å². The van der Waals surface area contributed by atoms with Gasteiger partial charge >= 0.3 is 0 Å². The number of hydrogen-bond acceptors (Lipinski definition) is 6. The van der Waals surface area contributed by atoms with Crippen molar-refractivity contribution < 1.29 is 14.6 Å². The second-order valence-electron chi connectivity index (χ2n) is 7.06. The van der Waals surface area contributed by atoms with Crippen LogP contribution in [0.25, 0.3) is 10.4 Å². The lowest BCUT2D eigenvalue weighted by molar-refractivity contribution is 0.261. The Morgan fingerprint density at radius 3 is 2.85 bits per heavy atom. The van der Waals surface area contributed by atoms with E-state index in [4.69, 9.17) is 44.9 Å². The smallest absolute Gasteiger partial charge is 0.191 e. The number of halogens is 2. The third-order valence-electron chi connectivity index (χ3n) is 4.88. The summed E-state index contributed by atoms with van der Waals surface area (Å²) < 4.78 is 10.8. The van der Waals surface area contributed by atoms with Crippen LogP contribution in [-0.2, 0) is 9.47 Å². The first-order chi connectivity index (χ1) is 15.9. The highest BCUT2D eigenvalue weighted by Gasteiger charge is 2.18. The Morgan fingerprint density at radius 2 is 2.09 bits per heavy atom. The van der Waals surface area contributed by atoms with E-state index in [0.29, 0.717) is 37.1 Å². The minimum Gasteiger partial charge on any atom is -0.506 e. The first-order valence-electron chi connectivity index (χ1n) is 9.89. The Morgan fingerprint density at radius 1 is 1.24 bits per heavy atom. The number of thiocarbonyl (C=S) groups is 1. The van der Waals surface area contributed by atoms with Crippen LogP contribution in [0.5, 0.6) is 5.75 Å². The van der Waals surface area contributed by atoms with Crippen LogP contribution in [-0.4, -0.2) is 15.9 Å². The van der Waals surface area contributed by atoms with Gasteiger partial charge in [0, 0.05) is 16.7 Å². The van der Waals surface area contributed by atoms with E-state index < -0.39 is 0 Å². The van der Waals surface area contributed by atoms with Crippen molar-refractivity contribution in [3.63, 3.8) is 0 Å². The van der Waals surface area contributed by atoms with Gasteiger partial charge in [-0.05, 0) is 55.8 Å². The molecule has 0 spiro atoms. The third kappa shape index (κ3) is 5.42. The van der Waals surface area contributed by atoms with E-state index >= 15 is 0 Å². The molecular weight excluding hydrogens is 501 g/mol. The van der Waals surface area contributed by atoms with Gasteiger partial charge in [-0.3, -0.25) is 5.43 Å². The SMILES string of the molecule is CC(=NNC(=S)NC1=C(C2=COC=CO2)CCC=C1)c1csc(-c2ccc(Cl)c(Cl)c2)c1O. The molecule has 2 aromatic rings. The Bertz CT molecular complexity index is 1250. The molecule has 0 atom stereocenters. The highest BCUT2D eigenvalue weighted by atomic mass is 35.5. The maximum Gasteiger partial charge on any atom is 0.191 e. The molecule has 0 amide bonds. The van der Waals surface area contributed by atoms with Gasteiger partial charge < -0.3 is 19.9 Å². The molecule has 0 bridgehead atoms. The molecule has 0 fully saturated rings. The number of aromatic hydroxyl groups is 1. The van der Waals surface area contributed by atoms with Crippen molar-refractivity contribution in [1.29, 1.82) is 0 Å². The molecule has 170 valence electrons. The number of nitrogens with zero attached hydrogens (tertiary/aromatic N) is 1. The minimum atomic E-state index is 0.120. The van der Waals surface area contributed by atoms with Gasteiger partial charge in [0.1, 0.15) is 24.5 Å². The van der Waals surface area contributed by atoms with E-state index in [1.165, 1.54) is 23.9 Å². The fraction of sp³-hybridized carbons (Fsp3) is 0.130. The van der Waals surface area contributed by atoms with Gasteiger partial charge in [0.15, 0.2) is 10.9 Å². The molecule has 33 heavy (non-hydrogen) atoms. The maximum atomic E-state index is 10.7. The normalized spacial score (nSPS) is 15.6. The zero-order valence-electron chi connectivity index (χ0n) is 17.4. The summed E-state index contributed by atoms with van der Waals surface area (Å²) in [6.45, 7) is 1.78. The van der Waals surface area contributed by atoms with Crippen LogP contribution in [0.3, 0.4) is 0 Å². The topological polar surface area (TPSA) is 75.1 Å². The summed E-state index contributed by atoms with van der Waals surface area (Å²) >= 11 is 18.9. The summed E-state index contributed by atoms with van der Waals surface area (Å²) in [5, 5.41) is 21.2. The number of nitrogens with one attached hydrogen (secondary N) is 2. The van der Waals surface area contributed by atoms with Gasteiger partial charge in [-0.15, -0.1) is 11.3 Å². The zero-order valence-corrected chi connectivity index (χ0v) is 20.5. The predicted molar refractivity (Wildman–Crippen MR) is 137 cm³/mol. The molecule has 6 nitrogen and oxygen atoms in total. The highest BCUT2D eigenvalue weighted by molar-refractivity contribution is 7.80. The Hall–Kier alpha value is -2.78. The van der Waals surface area contributed by atoms with Gasteiger partial charge in [-0.25, -0.2) is 0 Å². The van der Waals surface area contributed by atoms with Crippen molar-refractivity contribution in [1.82, 2.24) is 10.7 Å². The summed E-state index contributed by atoms with van der Waals surface area (Å²) in [7, 11) is 0. The average Bonchev–Trinajstić information content (AvgIpc) is 3.21. The van der Waals surface area contributed by atoms with Gasteiger partial charge in [-0.2, -0.15) is 5.10 Å². The number of ether oxygens (including phenoxy) is 2. The number of rotatable bonds is 5. The second-order valence-corrected chi connectivity index (χ2v) is 9.16. The lowest BCUT2D eigenvalue weighted by atomic mass is 10.0. The summed E-state index contributed by atoms with van der Waals surface area (Å²) in [6.07, 6.45) is 10.2. The molecule has 10 heteroatoms. The van der Waals surface area contributed by atoms with Crippen LogP contribution >= 0.6 is 46.8 Å². The number of hydrogen-bond donors (Lipinski definition) is 3. The first-order valence-corrected chi connectivity index (χ1v) is 11.9. The lowest BCUT2D eigenvalue weighted by Crippen LogP contribution is -2.33. The minimum absolute atomic E-state index is 0.120. The van der Waals surface area contributed by atoms with Gasteiger partial charge in [0.2, 0.25) is 0 Å². The van der Waals surface area contributed by atoms with Gasteiger partial charge in [0.05, 0.1) is 26.2 Å². The molecule has 1 aromatic heterocycles. The summed E-state index contributed by atoms with van der Waals surface area (Å²) in [4.78, 5) is 0.679. The number of hydrazone groups is 1. The highest BCUT2D eigenvalue weighted by Crippen LogP contribution is 2.40. The average molecular weight is 520 g/mol. The zero-order chi connectivity index (χ0) is 23.4. The van der Waals surface area contributed by atoms with Gasteiger partial charge in [0.25, 0.3) is 0 Å². The Kier molecular flexibility index (Phi) is 7.39. The molecule has 2 heterocycles. The first kappa shape index (κ1) is 23.4. The molecule has 0 radical (unpaired) electrons. The van der Waals surface area contributed by atoms with Crippen LogP contribution < -0.4 is 10.7 Å². The number of benzene rings is 1. The standard InChI is InChI=1S/C23H19Cl2N3O3S2/c1-13(16-12-33-22(21(16)29)14-6-7-17(24)18(25)10-14)27-28-23(32)26-19-5-3-2-4-15(19)20-11-30-8-9-31-20/h3,5-12,29H,2,4H2,1H3,(H2,26,28,32). The molecular formula is C23H19Cl2N3O3S2.